The van der Waals surface area contributed by atoms with Gasteiger partial charge in [0.1, 0.15) is 5.49 Å². The molecule has 0 fully saturated rings. The van der Waals surface area contributed by atoms with E-state index in [-0.39, 0.29) is 13.2 Å². The van der Waals surface area contributed by atoms with Gasteiger partial charge < -0.3 is 14.5 Å². The average molecular weight is 180 g/mol. The number of hydrogen-bond acceptors (Lipinski definition) is 4. The minimum absolute atomic E-state index is 0.0576. The lowest BCUT2D eigenvalue weighted by atomic mass is 10.7. The molecule has 0 heterocycles. The second kappa shape index (κ2) is 7.27. The molecule has 5 heteroatoms. The monoisotopic (exact) mass is 180 g/mol. The zero-order valence-electron chi connectivity index (χ0n) is 5.49. The summed E-state index contributed by atoms with van der Waals surface area (Å²) < 4.78 is 1.59. The maximum absolute atomic E-state index is 8.46. The van der Waals surface area contributed by atoms with Crippen molar-refractivity contribution in [2.75, 3.05) is 25.5 Å². The van der Waals surface area contributed by atoms with Crippen LogP contribution >= 0.6 is 24.2 Å². The van der Waals surface area contributed by atoms with Crippen molar-refractivity contribution in [3.63, 3.8) is 0 Å². The van der Waals surface area contributed by atoms with E-state index in [1.54, 1.807) is 4.31 Å². The van der Waals surface area contributed by atoms with Crippen LogP contribution in [0.25, 0.3) is 0 Å². The summed E-state index contributed by atoms with van der Waals surface area (Å²) in [5.41, 5.74) is 2.45. The molecule has 0 amide bonds. The second-order valence-electron chi connectivity index (χ2n) is 1.47. The predicted octanol–water partition coefficient (Wildman–Crippen LogP) is -0.245. The molecule has 0 saturated heterocycles. The molecule has 0 aliphatic carbocycles. The molecule has 0 aromatic carbocycles. The highest BCUT2D eigenvalue weighted by atomic mass is 32.2. The van der Waals surface area contributed by atoms with Crippen LogP contribution in [0.4, 0.5) is 0 Å². The molecule has 0 saturated carbocycles. The van der Waals surface area contributed by atoms with Crippen molar-refractivity contribution in [3.8, 4) is 0 Å². The van der Waals surface area contributed by atoms with Crippen LogP contribution in [0.5, 0.6) is 0 Å². The van der Waals surface area contributed by atoms with E-state index in [2.05, 4.69) is 17.7 Å². The van der Waals surface area contributed by atoms with E-state index >= 15 is 0 Å². The highest BCUT2D eigenvalue weighted by molar-refractivity contribution is 7.98. The van der Waals surface area contributed by atoms with Gasteiger partial charge in [-0.1, -0.05) is 12.2 Å². The lowest BCUT2D eigenvalue weighted by Crippen LogP contribution is -2.17. The third-order valence-corrected chi connectivity index (χ3v) is 2.03. The summed E-state index contributed by atoms with van der Waals surface area (Å²) in [6.07, 6.45) is 0. The smallest absolute Gasteiger partial charge is 0.147 e. The first-order valence-electron chi connectivity index (χ1n) is 2.85. The highest BCUT2D eigenvalue weighted by Crippen LogP contribution is 2.04. The number of aliphatic hydroxyl groups is 2. The molecule has 3 nitrogen and oxygen atoms in total. The Morgan fingerprint density at radius 3 is 2.50 bits per heavy atom. The minimum atomic E-state index is 0.0576. The lowest BCUT2D eigenvalue weighted by molar-refractivity contribution is 0.284. The average Bonchev–Trinajstić information content (AvgIpc) is 1.98. The Hall–Kier alpha value is 0.160. The summed E-state index contributed by atoms with van der Waals surface area (Å²) in [6.45, 7) is 0.639. The molecule has 0 aromatic heterocycles. The van der Waals surface area contributed by atoms with E-state index < -0.39 is 0 Å². The van der Waals surface area contributed by atoms with Crippen LogP contribution in [0.1, 0.15) is 0 Å². The van der Waals surface area contributed by atoms with Crippen LogP contribution in [0.3, 0.4) is 0 Å². The van der Waals surface area contributed by atoms with Gasteiger partial charge in [-0.15, -0.1) is 0 Å². The van der Waals surface area contributed by atoms with Crippen molar-refractivity contribution in [2.45, 2.75) is 0 Å². The summed E-state index contributed by atoms with van der Waals surface area (Å²) in [7, 11) is 0. The maximum Gasteiger partial charge on any atom is 0.147 e. The molecule has 2 N–H and O–H groups in total. The minimum Gasteiger partial charge on any atom is -0.395 e. The summed E-state index contributed by atoms with van der Waals surface area (Å²) in [4.78, 5) is 0. The molecule has 0 unspecified atom stereocenters. The van der Waals surface area contributed by atoms with Gasteiger partial charge in [-0.25, -0.2) is 0 Å². The maximum atomic E-state index is 8.46. The Bertz CT molecular complexity index is 91.7. The third-order valence-electron chi connectivity index (χ3n) is 0.743. The molecule has 0 aromatic rings. The molecule has 0 atom stereocenters. The summed E-state index contributed by atoms with van der Waals surface area (Å²) in [5, 5.41) is 16.9. The van der Waals surface area contributed by atoms with Gasteiger partial charge in [0.05, 0.1) is 19.8 Å². The predicted molar refractivity (Wildman–Crippen MR) is 45.9 cm³/mol. The summed E-state index contributed by atoms with van der Waals surface area (Å²) >= 11 is 5.87. The Kier molecular flexibility index (Phi) is 7.39. The van der Waals surface area contributed by atoms with Crippen LogP contribution in [-0.4, -0.2) is 45.5 Å². The van der Waals surface area contributed by atoms with E-state index in [1.807, 2.05) is 0 Å². The highest BCUT2D eigenvalue weighted by Gasteiger charge is 1.97. The number of aliphatic hydroxyl groups excluding tert-OH is 2. The number of hydrogen-bond donors (Lipinski definition) is 2. The van der Waals surface area contributed by atoms with Gasteiger partial charge >= 0.3 is 0 Å². The first-order chi connectivity index (χ1) is 4.85. The van der Waals surface area contributed by atoms with E-state index in [4.69, 9.17) is 10.2 Å². The molecule has 0 spiro atoms. The normalized spacial score (nSPS) is 9.40. The Balaban J connectivity index is 3.29. The Labute approximate surface area is 70.2 Å². The van der Waals surface area contributed by atoms with Gasteiger partial charge in [-0.3, -0.25) is 0 Å². The van der Waals surface area contributed by atoms with E-state index in [9.17, 15) is 0 Å². The fourth-order valence-corrected chi connectivity index (χ4v) is 1.19. The second-order valence-corrected chi connectivity index (χ2v) is 2.76. The molecule has 0 aliphatic rings. The quantitative estimate of drug-likeness (QED) is 0.335. The van der Waals surface area contributed by atoms with Crippen molar-refractivity contribution in [1.29, 1.82) is 0 Å². The Morgan fingerprint density at radius 2 is 2.10 bits per heavy atom. The molecule has 0 aliphatic heterocycles. The molecular weight excluding hydrogens is 170 g/mol. The Morgan fingerprint density at radius 1 is 1.40 bits per heavy atom. The lowest BCUT2D eigenvalue weighted by Gasteiger charge is -2.13. The molecule has 59 valence electrons. The van der Waals surface area contributed by atoms with E-state index in [0.29, 0.717) is 12.3 Å². The van der Waals surface area contributed by atoms with Crippen LogP contribution in [0.15, 0.2) is 0 Å². The van der Waals surface area contributed by atoms with Gasteiger partial charge in [-0.2, -0.15) is 0 Å². The zero-order chi connectivity index (χ0) is 7.82. The SMILES string of the molecule is OCCSN([C]=S)CCO. The van der Waals surface area contributed by atoms with Crippen LogP contribution in [0, 0.1) is 0 Å². The van der Waals surface area contributed by atoms with E-state index in [0.717, 1.165) is 0 Å². The summed E-state index contributed by atoms with van der Waals surface area (Å²) in [5.74, 6) is 0.587. The fraction of sp³-hybridized carbons (Fsp3) is 0.800. The van der Waals surface area contributed by atoms with Crippen molar-refractivity contribution < 1.29 is 10.2 Å². The van der Waals surface area contributed by atoms with Crippen molar-refractivity contribution in [3.05, 3.63) is 0 Å². The van der Waals surface area contributed by atoms with Crippen LogP contribution < -0.4 is 0 Å². The van der Waals surface area contributed by atoms with Gasteiger partial charge in [0.2, 0.25) is 0 Å². The molecular formula is C5H10NO2S2. The number of thiocarbonyl (C=S) groups is 1. The molecule has 10 heavy (non-hydrogen) atoms. The summed E-state index contributed by atoms with van der Waals surface area (Å²) in [6, 6.07) is 0. The van der Waals surface area contributed by atoms with Gasteiger partial charge in [0, 0.05) is 5.75 Å². The van der Waals surface area contributed by atoms with Gasteiger partial charge in [0.25, 0.3) is 0 Å². The number of nitrogens with zero attached hydrogens (tertiary/aromatic N) is 1. The molecule has 0 bridgehead atoms. The standard InChI is InChI=1S/C5H10NO2S2/c7-2-1-6(5-9)10-4-3-8/h7-8H,1-4H2. The van der Waals surface area contributed by atoms with Crippen molar-refractivity contribution in [2.24, 2.45) is 0 Å². The topological polar surface area (TPSA) is 43.7 Å². The van der Waals surface area contributed by atoms with Gasteiger partial charge in [-0.05, 0) is 11.9 Å². The molecule has 0 rings (SSSR count). The van der Waals surface area contributed by atoms with Crippen LogP contribution in [-0.2, 0) is 0 Å². The zero-order valence-corrected chi connectivity index (χ0v) is 7.12. The fourth-order valence-electron chi connectivity index (χ4n) is 0.378. The number of rotatable bonds is 6. The first kappa shape index (κ1) is 10.2. The third kappa shape index (κ3) is 4.99. The largest absolute Gasteiger partial charge is 0.395 e. The van der Waals surface area contributed by atoms with E-state index in [1.165, 1.54) is 11.9 Å². The molecule has 1 radical (unpaired) electrons. The van der Waals surface area contributed by atoms with Crippen LogP contribution in [0.2, 0.25) is 0 Å². The van der Waals surface area contributed by atoms with Crippen molar-refractivity contribution in [1.82, 2.24) is 4.31 Å². The van der Waals surface area contributed by atoms with Gasteiger partial charge in [0.15, 0.2) is 0 Å². The first-order valence-corrected chi connectivity index (χ1v) is 4.20. The van der Waals surface area contributed by atoms with Crippen molar-refractivity contribution >= 4 is 29.7 Å².